The topological polar surface area (TPSA) is 66.8 Å². The fourth-order valence-corrected chi connectivity index (χ4v) is 8.64. The van der Waals surface area contributed by atoms with Crippen LogP contribution < -0.4 is 0 Å². The molecule has 0 radical (unpaired) electrons. The Morgan fingerprint density at radius 3 is 2.29 bits per heavy atom. The molecule has 2 N–H and O–H groups in total. The van der Waals surface area contributed by atoms with Crippen molar-refractivity contribution in [3.63, 3.8) is 0 Å². The second-order valence-electron chi connectivity index (χ2n) is 13.9. The summed E-state index contributed by atoms with van der Waals surface area (Å²) < 4.78 is 5.40. The molecule has 0 saturated heterocycles. The molecule has 6 atom stereocenters. The number of hydrogen-bond acceptors (Lipinski definition) is 4. The monoisotopic (exact) mass is 484 g/mol. The summed E-state index contributed by atoms with van der Waals surface area (Å²) in [6.45, 7) is 15.7. The minimum Gasteiger partial charge on any atom is -0.469 e. The van der Waals surface area contributed by atoms with Crippen LogP contribution in [0.5, 0.6) is 0 Å². The van der Waals surface area contributed by atoms with Gasteiger partial charge in [-0.15, -0.1) is 0 Å². The summed E-state index contributed by atoms with van der Waals surface area (Å²) in [7, 11) is 1.54. The fraction of sp³-hybridized carbons (Fsp3) is 0.774. The van der Waals surface area contributed by atoms with Gasteiger partial charge in [0.15, 0.2) is 0 Å². The molecule has 4 aliphatic rings. The molecule has 0 aromatic carbocycles. The molecular weight excluding hydrogens is 436 g/mol. The molecule has 0 amide bonds. The molecular formula is C31H48O4. The summed E-state index contributed by atoms with van der Waals surface area (Å²) in [6, 6.07) is 0. The van der Waals surface area contributed by atoms with E-state index in [1.54, 1.807) is 0 Å². The van der Waals surface area contributed by atoms with Crippen LogP contribution in [0.3, 0.4) is 0 Å². The first-order chi connectivity index (χ1) is 16.2. The quantitative estimate of drug-likeness (QED) is 0.447. The average Bonchev–Trinajstić information content (AvgIpc) is 2.77. The lowest BCUT2D eigenvalue weighted by molar-refractivity contribution is -0.161. The number of rotatable bonds is 3. The van der Waals surface area contributed by atoms with Gasteiger partial charge in [0.05, 0.1) is 24.7 Å². The highest BCUT2D eigenvalue weighted by Crippen LogP contribution is 2.61. The predicted octanol–water partition coefficient (Wildman–Crippen LogP) is 6.52. The maximum Gasteiger partial charge on any atom is 0.312 e. The summed E-state index contributed by atoms with van der Waals surface area (Å²) >= 11 is 0. The molecule has 0 aromatic heterocycles. The van der Waals surface area contributed by atoms with Crippen LogP contribution in [0.25, 0.3) is 0 Å². The van der Waals surface area contributed by atoms with E-state index in [0.717, 1.165) is 44.9 Å². The highest BCUT2D eigenvalue weighted by atomic mass is 16.5. The molecule has 4 aliphatic carbocycles. The van der Waals surface area contributed by atoms with Gasteiger partial charge in [-0.1, -0.05) is 57.9 Å². The van der Waals surface area contributed by atoms with Crippen molar-refractivity contribution in [2.45, 2.75) is 112 Å². The lowest BCUT2D eigenvalue weighted by atomic mass is 9.48. The van der Waals surface area contributed by atoms with E-state index in [2.05, 4.69) is 60.6 Å². The van der Waals surface area contributed by atoms with Gasteiger partial charge in [0.25, 0.3) is 0 Å². The van der Waals surface area contributed by atoms with Crippen molar-refractivity contribution < 1.29 is 19.7 Å². The fourth-order valence-electron chi connectivity index (χ4n) is 8.64. The molecule has 196 valence electrons. The molecule has 0 bridgehead atoms. The zero-order chi connectivity index (χ0) is 26.0. The van der Waals surface area contributed by atoms with Crippen molar-refractivity contribution in [3.05, 3.63) is 34.4 Å². The van der Waals surface area contributed by atoms with Gasteiger partial charge in [0, 0.05) is 5.92 Å². The molecule has 0 unspecified atom stereocenters. The van der Waals surface area contributed by atoms with E-state index in [1.807, 2.05) is 0 Å². The number of methoxy groups -OCH3 is 1. The normalized spacial score (nSPS) is 41.0. The van der Waals surface area contributed by atoms with Gasteiger partial charge >= 0.3 is 5.97 Å². The van der Waals surface area contributed by atoms with Crippen LogP contribution in [0, 0.1) is 33.5 Å². The van der Waals surface area contributed by atoms with E-state index in [9.17, 15) is 15.0 Å². The Morgan fingerprint density at radius 1 is 0.943 bits per heavy atom. The van der Waals surface area contributed by atoms with E-state index >= 15 is 0 Å². The largest absolute Gasteiger partial charge is 0.469 e. The number of carbonyl (C=O) groups is 1. The molecule has 2 saturated carbocycles. The van der Waals surface area contributed by atoms with Crippen molar-refractivity contribution >= 4 is 5.97 Å². The van der Waals surface area contributed by atoms with Gasteiger partial charge in [-0.25, -0.2) is 0 Å². The number of fused-ring (bicyclic) bond motifs is 2. The van der Waals surface area contributed by atoms with E-state index in [4.69, 9.17) is 4.74 Å². The van der Waals surface area contributed by atoms with Gasteiger partial charge in [-0.3, -0.25) is 4.79 Å². The Hall–Kier alpha value is -1.39. The van der Waals surface area contributed by atoms with Gasteiger partial charge in [0.2, 0.25) is 0 Å². The number of hydrogen-bond donors (Lipinski definition) is 2. The third kappa shape index (κ3) is 4.17. The summed E-state index contributed by atoms with van der Waals surface area (Å²) in [4.78, 5) is 13.2. The van der Waals surface area contributed by atoms with Crippen LogP contribution in [-0.4, -0.2) is 35.5 Å². The highest BCUT2D eigenvalue weighted by molar-refractivity contribution is 5.78. The van der Waals surface area contributed by atoms with Gasteiger partial charge in [-0.05, 0) is 98.5 Å². The molecule has 4 rings (SSSR count). The number of esters is 1. The number of carbonyl (C=O) groups excluding carboxylic acids is 1. The minimum absolute atomic E-state index is 0.0392. The zero-order valence-electron chi connectivity index (χ0n) is 23.3. The standard InChI is InChI=1S/C31H48O4/c1-19-13-14-31(27(34)35-8)16-15-28(3,4)17-23(31)21(19)10-11-22-20(2)9-12-25-29(5,6)26(33)24(32)18-30(22,25)7/h10-11,23-26,32-33H,9,12-18H2,1-8H3/b11-10+/t23-,24+,25-,26-,30+,31+/m0/s1. The molecule has 0 heterocycles. The third-order valence-electron chi connectivity index (χ3n) is 10.8. The van der Waals surface area contributed by atoms with E-state index in [1.165, 1.54) is 29.4 Å². The van der Waals surface area contributed by atoms with E-state index < -0.39 is 17.6 Å². The summed E-state index contributed by atoms with van der Waals surface area (Å²) in [5.74, 6) is 0.440. The Bertz CT molecular complexity index is 966. The SMILES string of the molecule is COC(=O)[C@@]12CCC(C)=C(/C=C/C3=C(C)CC[C@H]4C(C)(C)[C@@H](O)[C@H](O)C[C@]34C)[C@@H]1CC(C)(C)CC2. The molecule has 0 spiro atoms. The number of allylic oxidation sites excluding steroid dienone is 6. The number of aliphatic hydroxyl groups excluding tert-OH is 2. The van der Waals surface area contributed by atoms with Crippen LogP contribution in [0.1, 0.15) is 99.8 Å². The van der Waals surface area contributed by atoms with Crippen molar-refractivity contribution in [3.8, 4) is 0 Å². The van der Waals surface area contributed by atoms with E-state index in [0.29, 0.717) is 12.3 Å². The molecule has 4 heteroatoms. The van der Waals surface area contributed by atoms with Gasteiger partial charge in [0.1, 0.15) is 0 Å². The van der Waals surface area contributed by atoms with Crippen LogP contribution in [0.15, 0.2) is 34.4 Å². The first-order valence-corrected chi connectivity index (χ1v) is 13.7. The summed E-state index contributed by atoms with van der Waals surface area (Å²) in [5, 5.41) is 21.7. The number of ether oxygens (including phenoxy) is 1. The average molecular weight is 485 g/mol. The smallest absolute Gasteiger partial charge is 0.312 e. The van der Waals surface area contributed by atoms with E-state index in [-0.39, 0.29) is 28.1 Å². The Labute approximate surface area is 212 Å². The molecule has 2 fully saturated rings. The Kier molecular flexibility index (Phi) is 6.76. The summed E-state index contributed by atoms with van der Waals surface area (Å²) in [5.41, 5.74) is 4.65. The molecule has 35 heavy (non-hydrogen) atoms. The maximum atomic E-state index is 13.2. The third-order valence-corrected chi connectivity index (χ3v) is 10.8. The zero-order valence-corrected chi connectivity index (χ0v) is 23.3. The maximum absolute atomic E-state index is 13.2. The highest BCUT2D eigenvalue weighted by Gasteiger charge is 2.57. The second kappa shape index (κ2) is 8.87. The van der Waals surface area contributed by atoms with Crippen LogP contribution >= 0.6 is 0 Å². The molecule has 4 nitrogen and oxygen atoms in total. The minimum atomic E-state index is -0.720. The Morgan fingerprint density at radius 2 is 1.63 bits per heavy atom. The first kappa shape index (κ1) is 26.7. The molecule has 0 aliphatic heterocycles. The van der Waals surface area contributed by atoms with Crippen molar-refractivity contribution in [1.82, 2.24) is 0 Å². The van der Waals surface area contributed by atoms with Crippen molar-refractivity contribution in [1.29, 1.82) is 0 Å². The first-order valence-electron chi connectivity index (χ1n) is 13.7. The molecule has 0 aromatic rings. The van der Waals surface area contributed by atoms with Crippen LogP contribution in [0.4, 0.5) is 0 Å². The lowest BCUT2D eigenvalue weighted by Crippen LogP contribution is -2.57. The van der Waals surface area contributed by atoms with Crippen LogP contribution in [0.2, 0.25) is 0 Å². The number of aliphatic hydroxyl groups is 2. The van der Waals surface area contributed by atoms with Gasteiger partial charge < -0.3 is 14.9 Å². The second-order valence-corrected chi connectivity index (χ2v) is 13.9. The van der Waals surface area contributed by atoms with Crippen LogP contribution in [-0.2, 0) is 9.53 Å². The van der Waals surface area contributed by atoms with Crippen molar-refractivity contribution in [2.24, 2.45) is 33.5 Å². The summed E-state index contributed by atoms with van der Waals surface area (Å²) in [6.07, 6.45) is 10.6. The van der Waals surface area contributed by atoms with Gasteiger partial charge in [-0.2, -0.15) is 0 Å². The lowest BCUT2D eigenvalue weighted by Gasteiger charge is -2.58. The Balaban J connectivity index is 1.75. The van der Waals surface area contributed by atoms with Crippen molar-refractivity contribution in [2.75, 3.05) is 7.11 Å². The predicted molar refractivity (Wildman–Crippen MR) is 141 cm³/mol.